The lowest BCUT2D eigenvalue weighted by molar-refractivity contribution is -0.139. The molecule has 136 valence electrons. The maximum atomic E-state index is 12.6. The molecule has 0 bridgehead atoms. The van der Waals surface area contributed by atoms with Crippen molar-refractivity contribution in [3.63, 3.8) is 0 Å². The number of ether oxygens (including phenoxy) is 2. The standard InChI is InChI=1S/C21H23NO4/c1-4-25-19-10-6-5-9-17(19)22-13-16(12-20(22)23)21(24)26-18-11-7-8-14(2)15(18)3/h5-11,16H,4,12-13H2,1-3H3/t16-/m0/s1. The first-order valence-electron chi connectivity index (χ1n) is 8.81. The number of rotatable bonds is 5. The second-order valence-electron chi connectivity index (χ2n) is 6.43. The van der Waals surface area contributed by atoms with E-state index in [1.165, 1.54) is 0 Å². The third-order valence-electron chi connectivity index (χ3n) is 4.68. The SMILES string of the molecule is CCOc1ccccc1N1C[C@@H](C(=O)Oc2cccc(C)c2C)CC1=O. The van der Waals surface area contributed by atoms with Gasteiger partial charge in [-0.2, -0.15) is 0 Å². The van der Waals surface area contributed by atoms with Crippen LogP contribution in [0.1, 0.15) is 24.5 Å². The van der Waals surface area contributed by atoms with Gasteiger partial charge in [0.15, 0.2) is 0 Å². The third kappa shape index (κ3) is 3.57. The summed E-state index contributed by atoms with van der Waals surface area (Å²) >= 11 is 0. The number of carbonyl (C=O) groups is 2. The van der Waals surface area contributed by atoms with Crippen LogP contribution in [0, 0.1) is 19.8 Å². The number of nitrogens with zero attached hydrogens (tertiary/aromatic N) is 1. The van der Waals surface area contributed by atoms with E-state index >= 15 is 0 Å². The molecular weight excluding hydrogens is 330 g/mol. The van der Waals surface area contributed by atoms with Crippen molar-refractivity contribution in [1.82, 2.24) is 0 Å². The summed E-state index contributed by atoms with van der Waals surface area (Å²) in [6.07, 6.45) is 0.143. The average molecular weight is 353 g/mol. The molecular formula is C21H23NO4. The van der Waals surface area contributed by atoms with Crippen LogP contribution in [0.15, 0.2) is 42.5 Å². The zero-order valence-electron chi connectivity index (χ0n) is 15.3. The summed E-state index contributed by atoms with van der Waals surface area (Å²) < 4.78 is 11.2. The van der Waals surface area contributed by atoms with Crippen LogP contribution >= 0.6 is 0 Å². The summed E-state index contributed by atoms with van der Waals surface area (Å²) in [6, 6.07) is 13.0. The summed E-state index contributed by atoms with van der Waals surface area (Å²) in [4.78, 5) is 26.7. The van der Waals surface area contributed by atoms with Gasteiger partial charge in [0.2, 0.25) is 5.91 Å². The number of anilines is 1. The van der Waals surface area contributed by atoms with Crippen LogP contribution < -0.4 is 14.4 Å². The first-order valence-corrected chi connectivity index (χ1v) is 8.81. The molecule has 1 amide bonds. The van der Waals surface area contributed by atoms with E-state index in [1.807, 2.05) is 57.2 Å². The first-order chi connectivity index (χ1) is 12.5. The minimum absolute atomic E-state index is 0.0972. The van der Waals surface area contributed by atoms with E-state index in [2.05, 4.69) is 0 Å². The predicted octanol–water partition coefficient (Wildman–Crippen LogP) is 3.66. The number of hydrogen-bond acceptors (Lipinski definition) is 4. The van der Waals surface area contributed by atoms with E-state index < -0.39 is 5.92 Å². The maximum absolute atomic E-state index is 12.6. The van der Waals surface area contributed by atoms with E-state index in [-0.39, 0.29) is 18.3 Å². The summed E-state index contributed by atoms with van der Waals surface area (Å²) in [5.74, 6) is 0.239. The Balaban J connectivity index is 1.75. The Bertz CT molecular complexity index is 831. The number of amides is 1. The van der Waals surface area contributed by atoms with Crippen LogP contribution in [0.4, 0.5) is 5.69 Å². The minimum Gasteiger partial charge on any atom is -0.492 e. The third-order valence-corrected chi connectivity index (χ3v) is 4.68. The van der Waals surface area contributed by atoms with Gasteiger partial charge < -0.3 is 14.4 Å². The highest BCUT2D eigenvalue weighted by molar-refractivity contribution is 6.00. The monoisotopic (exact) mass is 353 g/mol. The topological polar surface area (TPSA) is 55.8 Å². The lowest BCUT2D eigenvalue weighted by Gasteiger charge is -2.20. The van der Waals surface area contributed by atoms with Gasteiger partial charge in [-0.25, -0.2) is 0 Å². The Morgan fingerprint density at radius 2 is 1.85 bits per heavy atom. The molecule has 0 N–H and O–H groups in total. The molecule has 1 fully saturated rings. The molecule has 2 aromatic rings. The molecule has 1 atom stereocenters. The molecule has 1 saturated heterocycles. The fourth-order valence-electron chi connectivity index (χ4n) is 3.08. The maximum Gasteiger partial charge on any atom is 0.316 e. The first kappa shape index (κ1) is 18.0. The fraction of sp³-hybridized carbons (Fsp3) is 0.333. The molecule has 0 spiro atoms. The van der Waals surface area contributed by atoms with Crippen LogP contribution in [-0.4, -0.2) is 25.0 Å². The summed E-state index contributed by atoms with van der Waals surface area (Å²) in [5.41, 5.74) is 2.69. The van der Waals surface area contributed by atoms with Crippen LogP contribution in [-0.2, 0) is 9.59 Å². The van der Waals surface area contributed by atoms with Gasteiger partial charge >= 0.3 is 5.97 Å². The minimum atomic E-state index is -0.489. The number of hydrogen-bond donors (Lipinski definition) is 0. The van der Waals surface area contributed by atoms with Crippen molar-refractivity contribution in [2.24, 2.45) is 5.92 Å². The van der Waals surface area contributed by atoms with E-state index in [0.717, 1.165) is 11.1 Å². The Kier molecular flexibility index (Phi) is 5.26. The Morgan fingerprint density at radius 1 is 1.12 bits per heavy atom. The van der Waals surface area contributed by atoms with Gasteiger partial charge in [0, 0.05) is 13.0 Å². The van der Waals surface area contributed by atoms with Crippen molar-refractivity contribution in [2.75, 3.05) is 18.1 Å². The number of benzene rings is 2. The zero-order chi connectivity index (χ0) is 18.7. The van der Waals surface area contributed by atoms with Crippen molar-refractivity contribution < 1.29 is 19.1 Å². The van der Waals surface area contributed by atoms with Gasteiger partial charge in [0.25, 0.3) is 0 Å². The van der Waals surface area contributed by atoms with Crippen LogP contribution in [0.25, 0.3) is 0 Å². The van der Waals surface area contributed by atoms with Gasteiger partial charge in [-0.3, -0.25) is 9.59 Å². The second kappa shape index (κ2) is 7.60. The predicted molar refractivity (Wildman–Crippen MR) is 99.6 cm³/mol. The molecule has 0 aromatic heterocycles. The van der Waals surface area contributed by atoms with E-state index in [0.29, 0.717) is 30.3 Å². The fourth-order valence-corrected chi connectivity index (χ4v) is 3.08. The molecule has 1 aliphatic rings. The highest BCUT2D eigenvalue weighted by atomic mass is 16.5. The Labute approximate surface area is 153 Å². The molecule has 1 aliphatic heterocycles. The van der Waals surface area contributed by atoms with Gasteiger partial charge in [-0.1, -0.05) is 24.3 Å². The number of aryl methyl sites for hydroxylation is 1. The van der Waals surface area contributed by atoms with Gasteiger partial charge in [0.05, 0.1) is 18.2 Å². The lowest BCUT2D eigenvalue weighted by Crippen LogP contribution is -2.27. The summed E-state index contributed by atoms with van der Waals surface area (Å²) in [7, 11) is 0. The normalized spacial score (nSPS) is 16.7. The summed E-state index contributed by atoms with van der Waals surface area (Å²) in [5, 5.41) is 0. The van der Waals surface area contributed by atoms with Crippen molar-refractivity contribution in [2.45, 2.75) is 27.2 Å². The molecule has 0 saturated carbocycles. The molecule has 5 heteroatoms. The molecule has 1 heterocycles. The van der Waals surface area contributed by atoms with Crippen LogP contribution in [0.2, 0.25) is 0 Å². The van der Waals surface area contributed by atoms with Crippen molar-refractivity contribution in [3.05, 3.63) is 53.6 Å². The molecule has 3 rings (SSSR count). The quantitative estimate of drug-likeness (QED) is 0.608. The molecule has 26 heavy (non-hydrogen) atoms. The number of carbonyl (C=O) groups excluding carboxylic acids is 2. The summed E-state index contributed by atoms with van der Waals surface area (Å²) in [6.45, 7) is 6.59. The van der Waals surface area contributed by atoms with E-state index in [1.54, 1.807) is 11.0 Å². The Morgan fingerprint density at radius 3 is 2.62 bits per heavy atom. The van der Waals surface area contributed by atoms with Crippen molar-refractivity contribution in [3.8, 4) is 11.5 Å². The molecule has 0 unspecified atom stereocenters. The van der Waals surface area contributed by atoms with E-state index in [9.17, 15) is 9.59 Å². The van der Waals surface area contributed by atoms with E-state index in [4.69, 9.17) is 9.47 Å². The Hall–Kier alpha value is -2.82. The van der Waals surface area contributed by atoms with Gasteiger partial charge in [0.1, 0.15) is 11.5 Å². The van der Waals surface area contributed by atoms with Crippen molar-refractivity contribution in [1.29, 1.82) is 0 Å². The highest BCUT2D eigenvalue weighted by Gasteiger charge is 2.37. The second-order valence-corrected chi connectivity index (χ2v) is 6.43. The van der Waals surface area contributed by atoms with Crippen LogP contribution in [0.3, 0.4) is 0 Å². The van der Waals surface area contributed by atoms with Gasteiger partial charge in [-0.05, 0) is 50.1 Å². The van der Waals surface area contributed by atoms with Gasteiger partial charge in [-0.15, -0.1) is 0 Å². The molecule has 0 radical (unpaired) electrons. The van der Waals surface area contributed by atoms with Crippen LogP contribution in [0.5, 0.6) is 11.5 Å². The lowest BCUT2D eigenvalue weighted by atomic mass is 10.1. The molecule has 2 aromatic carbocycles. The molecule has 0 aliphatic carbocycles. The number of para-hydroxylation sites is 2. The van der Waals surface area contributed by atoms with Crippen molar-refractivity contribution >= 4 is 17.6 Å². The largest absolute Gasteiger partial charge is 0.492 e. The highest BCUT2D eigenvalue weighted by Crippen LogP contribution is 2.33. The number of esters is 1. The zero-order valence-corrected chi connectivity index (χ0v) is 15.3. The smallest absolute Gasteiger partial charge is 0.316 e. The molecule has 5 nitrogen and oxygen atoms in total. The average Bonchev–Trinajstić information content (AvgIpc) is 3.01.